The topological polar surface area (TPSA) is 30.3 Å². The lowest BCUT2D eigenvalue weighted by atomic mass is 9.99. The van der Waals surface area contributed by atoms with Gasteiger partial charge in [0.2, 0.25) is 0 Å². The number of hydrogen-bond acceptors (Lipinski definition) is 3. The summed E-state index contributed by atoms with van der Waals surface area (Å²) in [5.74, 6) is 0. The second-order valence-corrected chi connectivity index (χ2v) is 6.20. The second-order valence-electron chi connectivity index (χ2n) is 6.20. The van der Waals surface area contributed by atoms with E-state index in [1.807, 2.05) is 10.8 Å². The van der Waals surface area contributed by atoms with Gasteiger partial charge in [0.15, 0.2) is 0 Å². The number of allylic oxidation sites excluding steroid dienone is 1. The zero-order valence-corrected chi connectivity index (χ0v) is 12.5. The van der Waals surface area contributed by atoms with Gasteiger partial charge in [0.05, 0.1) is 24.4 Å². The van der Waals surface area contributed by atoms with Gasteiger partial charge in [-0.15, -0.1) is 6.58 Å². The Hall–Kier alpha value is -1.13. The predicted molar refractivity (Wildman–Crippen MR) is 79.6 cm³/mol. The van der Waals surface area contributed by atoms with Crippen LogP contribution in [0.25, 0.3) is 0 Å². The molecule has 2 aliphatic rings. The van der Waals surface area contributed by atoms with Crippen molar-refractivity contribution in [1.82, 2.24) is 14.7 Å². The van der Waals surface area contributed by atoms with Crippen LogP contribution in [0, 0.1) is 6.92 Å². The first kappa shape index (κ1) is 13.8. The van der Waals surface area contributed by atoms with E-state index in [2.05, 4.69) is 29.7 Å². The molecule has 2 heterocycles. The van der Waals surface area contributed by atoms with Gasteiger partial charge in [0.1, 0.15) is 0 Å². The first-order valence-electron chi connectivity index (χ1n) is 7.71. The van der Waals surface area contributed by atoms with Gasteiger partial charge in [-0.3, -0.25) is 9.58 Å². The number of morpholine rings is 1. The highest BCUT2D eigenvalue weighted by molar-refractivity contribution is 5.16. The van der Waals surface area contributed by atoms with Crippen LogP contribution in [0.1, 0.15) is 36.9 Å². The van der Waals surface area contributed by atoms with Crippen molar-refractivity contribution in [3.8, 4) is 0 Å². The van der Waals surface area contributed by atoms with Crippen LogP contribution in [0.3, 0.4) is 0 Å². The fraction of sp³-hybridized carbons (Fsp3) is 0.688. The lowest BCUT2D eigenvalue weighted by molar-refractivity contribution is -0.107. The molecule has 1 aliphatic heterocycles. The Morgan fingerprint density at radius 1 is 1.45 bits per heavy atom. The third-order valence-electron chi connectivity index (χ3n) is 4.60. The number of rotatable bonds is 4. The molecular weight excluding hydrogens is 250 g/mol. The Labute approximate surface area is 121 Å². The molecular formula is C16H25N3O. The Kier molecular flexibility index (Phi) is 3.94. The van der Waals surface area contributed by atoms with Crippen molar-refractivity contribution in [2.45, 2.75) is 51.3 Å². The van der Waals surface area contributed by atoms with Gasteiger partial charge in [-0.1, -0.05) is 18.9 Å². The monoisotopic (exact) mass is 275 g/mol. The van der Waals surface area contributed by atoms with Crippen LogP contribution >= 0.6 is 0 Å². The largest absolute Gasteiger partial charge is 0.372 e. The molecule has 110 valence electrons. The molecule has 0 amide bonds. The number of hydrogen-bond donors (Lipinski definition) is 0. The smallest absolute Gasteiger partial charge is 0.0809 e. The highest BCUT2D eigenvalue weighted by Gasteiger charge is 2.39. The van der Waals surface area contributed by atoms with Crippen LogP contribution in [0.2, 0.25) is 0 Å². The molecule has 0 N–H and O–H groups in total. The Bertz CT molecular complexity index is 474. The SMILES string of the molecule is C=CCn1cc(CN2CCOC3(CCCC3)C2)c(C)n1. The lowest BCUT2D eigenvalue weighted by Crippen LogP contribution is -2.49. The van der Waals surface area contributed by atoms with E-state index < -0.39 is 0 Å². The normalized spacial score (nSPS) is 22.4. The van der Waals surface area contributed by atoms with Crippen molar-refractivity contribution < 1.29 is 4.74 Å². The molecule has 1 saturated heterocycles. The van der Waals surface area contributed by atoms with E-state index in [9.17, 15) is 0 Å². The van der Waals surface area contributed by atoms with Gasteiger partial charge in [0, 0.05) is 31.4 Å². The highest BCUT2D eigenvalue weighted by Crippen LogP contribution is 2.36. The first-order chi connectivity index (χ1) is 9.71. The van der Waals surface area contributed by atoms with E-state index in [1.165, 1.54) is 31.2 Å². The number of aryl methyl sites for hydroxylation is 1. The molecule has 0 radical (unpaired) electrons. The summed E-state index contributed by atoms with van der Waals surface area (Å²) in [5.41, 5.74) is 2.63. The molecule has 1 aromatic heterocycles. The quantitative estimate of drug-likeness (QED) is 0.791. The van der Waals surface area contributed by atoms with E-state index in [4.69, 9.17) is 4.74 Å². The maximum atomic E-state index is 6.09. The van der Waals surface area contributed by atoms with Gasteiger partial charge < -0.3 is 4.74 Å². The van der Waals surface area contributed by atoms with Gasteiger partial charge in [-0.05, 0) is 19.8 Å². The minimum atomic E-state index is 0.156. The molecule has 0 aromatic carbocycles. The van der Waals surface area contributed by atoms with Crippen molar-refractivity contribution in [3.05, 3.63) is 30.1 Å². The summed E-state index contributed by atoms with van der Waals surface area (Å²) in [6.45, 7) is 10.6. The van der Waals surface area contributed by atoms with E-state index in [1.54, 1.807) is 0 Å². The van der Waals surface area contributed by atoms with E-state index >= 15 is 0 Å². The van der Waals surface area contributed by atoms with Crippen LogP contribution in [-0.4, -0.2) is 40.0 Å². The van der Waals surface area contributed by atoms with E-state index in [-0.39, 0.29) is 5.60 Å². The molecule has 1 aromatic rings. The summed E-state index contributed by atoms with van der Waals surface area (Å²) in [6, 6.07) is 0. The first-order valence-corrected chi connectivity index (χ1v) is 7.71. The van der Waals surface area contributed by atoms with Gasteiger partial charge >= 0.3 is 0 Å². The molecule has 0 unspecified atom stereocenters. The molecule has 0 bridgehead atoms. The summed E-state index contributed by atoms with van der Waals surface area (Å²) in [4.78, 5) is 2.54. The number of ether oxygens (including phenoxy) is 1. The summed E-state index contributed by atoms with van der Waals surface area (Å²) < 4.78 is 8.07. The molecule has 1 aliphatic carbocycles. The maximum Gasteiger partial charge on any atom is 0.0809 e. The molecule has 4 nitrogen and oxygen atoms in total. The minimum Gasteiger partial charge on any atom is -0.372 e. The molecule has 0 atom stereocenters. The molecule has 1 spiro atoms. The van der Waals surface area contributed by atoms with Crippen LogP contribution in [0.4, 0.5) is 0 Å². The second kappa shape index (κ2) is 5.70. The summed E-state index contributed by atoms with van der Waals surface area (Å²) in [6.07, 6.45) is 9.16. The third kappa shape index (κ3) is 2.81. The Balaban J connectivity index is 1.66. The molecule has 2 fully saturated rings. The van der Waals surface area contributed by atoms with Crippen LogP contribution < -0.4 is 0 Å². The summed E-state index contributed by atoms with van der Waals surface area (Å²) >= 11 is 0. The van der Waals surface area contributed by atoms with Gasteiger partial charge in [-0.25, -0.2) is 0 Å². The van der Waals surface area contributed by atoms with E-state index in [0.717, 1.165) is 38.5 Å². The summed E-state index contributed by atoms with van der Waals surface area (Å²) in [5, 5.41) is 4.54. The molecule has 3 rings (SSSR count). The third-order valence-corrected chi connectivity index (χ3v) is 4.60. The average molecular weight is 275 g/mol. The van der Waals surface area contributed by atoms with E-state index in [0.29, 0.717) is 0 Å². The van der Waals surface area contributed by atoms with Gasteiger partial charge in [0.25, 0.3) is 0 Å². The van der Waals surface area contributed by atoms with Crippen molar-refractivity contribution >= 4 is 0 Å². The fourth-order valence-corrected chi connectivity index (χ4v) is 3.56. The lowest BCUT2D eigenvalue weighted by Gasteiger charge is -2.40. The van der Waals surface area contributed by atoms with Crippen LogP contribution in [-0.2, 0) is 17.8 Å². The Morgan fingerprint density at radius 3 is 3.00 bits per heavy atom. The molecule has 4 heteroatoms. The number of aromatic nitrogens is 2. The van der Waals surface area contributed by atoms with Crippen LogP contribution in [0.5, 0.6) is 0 Å². The van der Waals surface area contributed by atoms with Crippen molar-refractivity contribution in [1.29, 1.82) is 0 Å². The van der Waals surface area contributed by atoms with Crippen molar-refractivity contribution in [3.63, 3.8) is 0 Å². The highest BCUT2D eigenvalue weighted by atomic mass is 16.5. The molecule has 20 heavy (non-hydrogen) atoms. The zero-order valence-electron chi connectivity index (χ0n) is 12.5. The van der Waals surface area contributed by atoms with Crippen molar-refractivity contribution in [2.75, 3.05) is 19.7 Å². The zero-order chi connectivity index (χ0) is 14.0. The molecule has 1 saturated carbocycles. The standard InChI is InChI=1S/C16H25N3O/c1-3-8-19-12-15(14(2)17-19)11-18-9-10-20-16(13-18)6-4-5-7-16/h3,12H,1,4-11,13H2,2H3. The maximum absolute atomic E-state index is 6.09. The fourth-order valence-electron chi connectivity index (χ4n) is 3.56. The average Bonchev–Trinajstić information content (AvgIpc) is 2.99. The predicted octanol–water partition coefficient (Wildman–Crippen LogP) is 2.52. The van der Waals surface area contributed by atoms with Crippen molar-refractivity contribution in [2.24, 2.45) is 0 Å². The minimum absolute atomic E-state index is 0.156. The Morgan fingerprint density at radius 2 is 2.25 bits per heavy atom. The van der Waals surface area contributed by atoms with Gasteiger partial charge in [-0.2, -0.15) is 5.10 Å². The number of nitrogens with zero attached hydrogens (tertiary/aromatic N) is 3. The summed E-state index contributed by atoms with van der Waals surface area (Å²) in [7, 11) is 0. The van der Waals surface area contributed by atoms with Crippen LogP contribution in [0.15, 0.2) is 18.9 Å².